The summed E-state index contributed by atoms with van der Waals surface area (Å²) in [5.41, 5.74) is 1.96. The van der Waals surface area contributed by atoms with E-state index in [0.29, 0.717) is 28.7 Å². The van der Waals surface area contributed by atoms with Gasteiger partial charge in [-0.05, 0) is 67.8 Å². The van der Waals surface area contributed by atoms with Crippen molar-refractivity contribution in [2.75, 3.05) is 12.4 Å². The second kappa shape index (κ2) is 8.68. The third kappa shape index (κ3) is 3.90. The van der Waals surface area contributed by atoms with Crippen LogP contribution in [0.5, 0.6) is 11.5 Å². The summed E-state index contributed by atoms with van der Waals surface area (Å²) in [5, 5.41) is 8.65. The first-order valence-corrected chi connectivity index (χ1v) is 11.4. The molecule has 0 bridgehead atoms. The lowest BCUT2D eigenvalue weighted by Crippen LogP contribution is -2.24. The van der Waals surface area contributed by atoms with Crippen LogP contribution < -0.4 is 20.3 Å². The molecule has 3 heterocycles. The lowest BCUT2D eigenvalue weighted by atomic mass is 9.96. The third-order valence-corrected chi connectivity index (χ3v) is 6.09. The number of para-hydroxylation sites is 1. The highest BCUT2D eigenvalue weighted by Gasteiger charge is 2.22. The molecule has 9 nitrogen and oxygen atoms in total. The molecule has 2 aromatic carbocycles. The van der Waals surface area contributed by atoms with Crippen molar-refractivity contribution >= 4 is 28.2 Å². The summed E-state index contributed by atoms with van der Waals surface area (Å²) >= 11 is 0. The van der Waals surface area contributed by atoms with E-state index in [1.165, 1.54) is 12.6 Å². The number of methoxy groups -OCH3 is 1. The zero-order chi connectivity index (χ0) is 23.8. The van der Waals surface area contributed by atoms with Gasteiger partial charge in [0.15, 0.2) is 11.5 Å². The summed E-state index contributed by atoms with van der Waals surface area (Å²) in [6.45, 7) is 0. The molecule has 1 fully saturated rings. The zero-order valence-electron chi connectivity index (χ0n) is 19.0. The van der Waals surface area contributed by atoms with Crippen LogP contribution in [0.1, 0.15) is 19.3 Å². The van der Waals surface area contributed by atoms with Gasteiger partial charge < -0.3 is 14.8 Å². The molecule has 6 rings (SSSR count). The molecule has 1 saturated carbocycles. The van der Waals surface area contributed by atoms with Crippen LogP contribution in [-0.2, 0) is 0 Å². The van der Waals surface area contributed by atoms with Gasteiger partial charge in [0.25, 0.3) is 5.56 Å². The number of hydrogen-bond donors (Lipinski definition) is 1. The van der Waals surface area contributed by atoms with Gasteiger partial charge in [0.1, 0.15) is 22.7 Å². The summed E-state index contributed by atoms with van der Waals surface area (Å²) in [7, 11) is 1.62. The molecule has 0 radical (unpaired) electrons. The highest BCUT2D eigenvalue weighted by Crippen LogP contribution is 2.33. The molecular formula is C26H22N6O3. The molecular weight excluding hydrogens is 444 g/mol. The van der Waals surface area contributed by atoms with E-state index in [1.54, 1.807) is 29.8 Å². The van der Waals surface area contributed by atoms with Crippen molar-refractivity contribution in [2.24, 2.45) is 0 Å². The molecule has 0 saturated heterocycles. The van der Waals surface area contributed by atoms with E-state index >= 15 is 0 Å². The van der Waals surface area contributed by atoms with Crippen LogP contribution in [0.25, 0.3) is 27.9 Å². The van der Waals surface area contributed by atoms with Crippen LogP contribution in [0, 0.1) is 0 Å². The van der Waals surface area contributed by atoms with E-state index in [4.69, 9.17) is 24.5 Å². The molecule has 0 atom stereocenters. The number of hydrogen-bond acceptors (Lipinski definition) is 8. The molecule has 3 aromatic heterocycles. The van der Waals surface area contributed by atoms with Crippen LogP contribution in [0.2, 0.25) is 0 Å². The maximum Gasteiger partial charge on any atom is 0.293 e. The fraction of sp³-hybridized carbons (Fsp3) is 0.192. The summed E-state index contributed by atoms with van der Waals surface area (Å²) < 4.78 is 13.1. The summed E-state index contributed by atoms with van der Waals surface area (Å²) in [6.07, 6.45) is 4.87. The Labute approximate surface area is 200 Å². The molecule has 0 unspecified atom stereocenters. The Morgan fingerprint density at radius 1 is 1.00 bits per heavy atom. The van der Waals surface area contributed by atoms with E-state index in [2.05, 4.69) is 10.3 Å². The van der Waals surface area contributed by atoms with Gasteiger partial charge in [-0.2, -0.15) is 4.52 Å². The van der Waals surface area contributed by atoms with Crippen molar-refractivity contribution in [1.29, 1.82) is 0 Å². The Balaban J connectivity index is 1.56. The molecule has 35 heavy (non-hydrogen) atoms. The van der Waals surface area contributed by atoms with Crippen molar-refractivity contribution in [3.63, 3.8) is 0 Å². The smallest absolute Gasteiger partial charge is 0.293 e. The van der Waals surface area contributed by atoms with Crippen LogP contribution in [0.15, 0.2) is 71.7 Å². The predicted molar refractivity (Wildman–Crippen MR) is 132 cm³/mol. The van der Waals surface area contributed by atoms with Gasteiger partial charge in [0.05, 0.1) is 13.2 Å². The van der Waals surface area contributed by atoms with Crippen LogP contribution in [0.3, 0.4) is 0 Å². The van der Waals surface area contributed by atoms with Gasteiger partial charge in [-0.15, -0.1) is 5.10 Å². The summed E-state index contributed by atoms with van der Waals surface area (Å²) in [5.74, 6) is 2.30. The van der Waals surface area contributed by atoms with E-state index in [-0.39, 0.29) is 11.8 Å². The van der Waals surface area contributed by atoms with Crippen molar-refractivity contribution in [2.45, 2.75) is 25.4 Å². The number of rotatable bonds is 6. The van der Waals surface area contributed by atoms with E-state index in [0.717, 1.165) is 29.5 Å². The molecule has 0 amide bonds. The predicted octanol–water partition coefficient (Wildman–Crippen LogP) is 4.38. The first-order valence-electron chi connectivity index (χ1n) is 11.4. The highest BCUT2D eigenvalue weighted by molar-refractivity contribution is 5.96. The third-order valence-electron chi connectivity index (χ3n) is 6.09. The maximum atomic E-state index is 12.5. The number of anilines is 2. The number of fused-ring (bicyclic) bond motifs is 3. The lowest BCUT2D eigenvalue weighted by Gasteiger charge is -2.26. The average molecular weight is 467 g/mol. The monoisotopic (exact) mass is 466 g/mol. The Bertz CT molecular complexity index is 1600. The van der Waals surface area contributed by atoms with Gasteiger partial charge in [-0.25, -0.2) is 15.0 Å². The quantitative estimate of drug-likeness (QED) is 0.393. The second-order valence-electron chi connectivity index (χ2n) is 8.33. The summed E-state index contributed by atoms with van der Waals surface area (Å²) in [4.78, 5) is 26.1. The minimum absolute atomic E-state index is 0.188. The molecule has 0 aliphatic heterocycles. The van der Waals surface area contributed by atoms with Gasteiger partial charge in [-0.1, -0.05) is 12.1 Å². The first kappa shape index (κ1) is 21.0. The number of nitrogens with zero attached hydrogens (tertiary/aromatic N) is 5. The Kier molecular flexibility index (Phi) is 5.21. The maximum absolute atomic E-state index is 12.5. The molecule has 1 aliphatic rings. The van der Waals surface area contributed by atoms with Gasteiger partial charge in [0.2, 0.25) is 5.95 Å². The van der Waals surface area contributed by atoms with E-state index in [9.17, 15) is 4.79 Å². The van der Waals surface area contributed by atoms with Crippen molar-refractivity contribution < 1.29 is 9.47 Å². The lowest BCUT2D eigenvalue weighted by molar-refractivity contribution is 0.122. The minimum atomic E-state index is -0.403. The van der Waals surface area contributed by atoms with Gasteiger partial charge >= 0.3 is 0 Å². The number of ether oxygens (including phenoxy) is 2. The Morgan fingerprint density at radius 2 is 1.86 bits per heavy atom. The topological polar surface area (TPSA) is 104 Å². The van der Waals surface area contributed by atoms with Gasteiger partial charge in [0, 0.05) is 17.1 Å². The first-order chi connectivity index (χ1) is 17.2. The summed E-state index contributed by atoms with van der Waals surface area (Å²) in [6, 6.07) is 18.4. The second-order valence-corrected chi connectivity index (χ2v) is 8.33. The average Bonchev–Trinajstić information content (AvgIpc) is 3.21. The fourth-order valence-electron chi connectivity index (χ4n) is 3.98. The highest BCUT2D eigenvalue weighted by atomic mass is 16.5. The molecule has 9 heteroatoms. The normalized spacial score (nSPS) is 13.5. The Hall–Kier alpha value is -4.53. The zero-order valence-corrected chi connectivity index (χ0v) is 19.0. The number of benzene rings is 2. The Morgan fingerprint density at radius 3 is 2.63 bits per heavy atom. The van der Waals surface area contributed by atoms with E-state index in [1.807, 2.05) is 42.5 Å². The minimum Gasteiger partial charge on any atom is -0.497 e. The molecule has 5 aromatic rings. The number of nitrogens with one attached hydrogen (secondary N) is 1. The van der Waals surface area contributed by atoms with E-state index < -0.39 is 5.56 Å². The fourth-order valence-corrected chi connectivity index (χ4v) is 3.98. The molecule has 174 valence electrons. The van der Waals surface area contributed by atoms with Crippen molar-refractivity contribution in [3.8, 4) is 22.9 Å². The van der Waals surface area contributed by atoms with Gasteiger partial charge in [-0.3, -0.25) is 4.79 Å². The largest absolute Gasteiger partial charge is 0.497 e. The van der Waals surface area contributed by atoms with Crippen molar-refractivity contribution in [3.05, 3.63) is 77.2 Å². The standard InChI is InChI=1S/C26H22N6O3/c1-34-17-13-11-16(12-14-17)23-30-24-19-8-5-10-21(35-18-6-4-7-18)22(19)29-26(32(24)31-23)28-20-9-2-3-15-27-25(20)33/h2-3,5,8-15,18H,4,6-7H2,1H3,(H,27,28,29,33). The number of aromatic nitrogens is 5. The SMILES string of the molecule is COc1ccc(-c2nc3c4cccc(OC5CCC5)c4nc(Nc4ccccnc4=O)n3n2)cc1. The molecule has 0 spiro atoms. The van der Waals surface area contributed by atoms with Crippen molar-refractivity contribution in [1.82, 2.24) is 24.6 Å². The molecule has 1 N–H and O–H groups in total. The van der Waals surface area contributed by atoms with Crippen LogP contribution in [-0.4, -0.2) is 37.8 Å². The molecule has 1 aliphatic carbocycles. The van der Waals surface area contributed by atoms with Crippen LogP contribution in [0.4, 0.5) is 11.6 Å². The van der Waals surface area contributed by atoms with Crippen LogP contribution >= 0.6 is 0 Å².